The molecule has 1 fully saturated rings. The highest BCUT2D eigenvalue weighted by Crippen LogP contribution is 2.29. The molecule has 3 rings (SSSR count). The fourth-order valence-corrected chi connectivity index (χ4v) is 2.20. The van der Waals surface area contributed by atoms with E-state index in [1.807, 2.05) is 12.4 Å². The topological polar surface area (TPSA) is 42.2 Å². The van der Waals surface area contributed by atoms with Crippen molar-refractivity contribution < 1.29 is 0 Å². The van der Waals surface area contributed by atoms with Gasteiger partial charge in [-0.15, -0.1) is 0 Å². The Bertz CT molecular complexity index is 522. The van der Waals surface area contributed by atoms with Gasteiger partial charge in [0.25, 0.3) is 0 Å². The highest BCUT2D eigenvalue weighted by molar-refractivity contribution is 9.10. The fraction of sp³-hybridized carbons (Fsp3) is 0.455. The maximum atomic E-state index is 4.32. The molecule has 4 nitrogen and oxygen atoms in total. The number of halogens is 1. The van der Waals surface area contributed by atoms with Gasteiger partial charge in [0, 0.05) is 18.8 Å². The van der Waals surface area contributed by atoms with Crippen LogP contribution >= 0.6 is 15.9 Å². The number of hydrogen-bond acceptors (Lipinski definition) is 3. The van der Waals surface area contributed by atoms with Gasteiger partial charge in [-0.3, -0.25) is 4.40 Å². The first-order chi connectivity index (χ1) is 7.74. The lowest BCUT2D eigenvalue weighted by Crippen LogP contribution is -2.18. The number of fused-ring (bicyclic) bond motifs is 1. The van der Waals surface area contributed by atoms with Gasteiger partial charge in [-0.2, -0.15) is 0 Å². The molecular weight excluding hydrogens is 268 g/mol. The predicted molar refractivity (Wildman–Crippen MR) is 65.1 cm³/mol. The van der Waals surface area contributed by atoms with Gasteiger partial charge in [0.2, 0.25) is 0 Å². The first-order valence-electron chi connectivity index (χ1n) is 5.45. The Balaban J connectivity index is 1.83. The van der Waals surface area contributed by atoms with Crippen molar-refractivity contribution >= 4 is 21.6 Å². The van der Waals surface area contributed by atoms with Gasteiger partial charge in [-0.25, -0.2) is 9.97 Å². The van der Waals surface area contributed by atoms with Crippen LogP contribution in [0.1, 0.15) is 19.0 Å². The molecule has 2 atom stereocenters. The molecule has 0 amide bonds. The molecule has 0 spiro atoms. The van der Waals surface area contributed by atoms with Crippen LogP contribution in [0.4, 0.5) is 0 Å². The normalized spacial score (nSPS) is 23.9. The number of nitrogens with one attached hydrogen (secondary N) is 1. The second kappa shape index (κ2) is 3.82. The minimum Gasteiger partial charge on any atom is -0.308 e. The van der Waals surface area contributed by atoms with Crippen LogP contribution in [0, 0.1) is 5.92 Å². The highest BCUT2D eigenvalue weighted by atomic mass is 79.9. The third kappa shape index (κ3) is 1.85. The van der Waals surface area contributed by atoms with Crippen LogP contribution in [0.2, 0.25) is 0 Å². The van der Waals surface area contributed by atoms with Gasteiger partial charge in [-0.1, -0.05) is 6.92 Å². The van der Waals surface area contributed by atoms with Crippen molar-refractivity contribution in [3.8, 4) is 0 Å². The summed E-state index contributed by atoms with van der Waals surface area (Å²) in [5, 5.41) is 3.52. The number of hydrogen-bond donors (Lipinski definition) is 1. The second-order valence-electron chi connectivity index (χ2n) is 4.39. The molecular formula is C11H13BrN4. The van der Waals surface area contributed by atoms with Crippen molar-refractivity contribution in [2.45, 2.75) is 25.9 Å². The molecule has 2 heterocycles. The van der Waals surface area contributed by atoms with Crippen LogP contribution in [0.15, 0.2) is 23.2 Å². The van der Waals surface area contributed by atoms with Gasteiger partial charge < -0.3 is 5.32 Å². The SMILES string of the molecule is CC1CC1NCc1cnc2cnc(Br)cn12. The summed E-state index contributed by atoms with van der Waals surface area (Å²) in [6, 6.07) is 0.691. The summed E-state index contributed by atoms with van der Waals surface area (Å²) in [7, 11) is 0. The lowest BCUT2D eigenvalue weighted by Gasteiger charge is -2.03. The zero-order valence-corrected chi connectivity index (χ0v) is 10.6. The first-order valence-corrected chi connectivity index (χ1v) is 6.24. The summed E-state index contributed by atoms with van der Waals surface area (Å²) in [4.78, 5) is 8.47. The zero-order chi connectivity index (χ0) is 11.1. The fourth-order valence-electron chi connectivity index (χ4n) is 1.89. The van der Waals surface area contributed by atoms with Crippen LogP contribution < -0.4 is 5.32 Å². The Morgan fingerprint density at radius 3 is 3.06 bits per heavy atom. The Hall–Kier alpha value is -0.940. The Kier molecular flexibility index (Phi) is 2.44. The lowest BCUT2D eigenvalue weighted by molar-refractivity contribution is 0.639. The monoisotopic (exact) mass is 280 g/mol. The van der Waals surface area contributed by atoms with Crippen LogP contribution in [0.25, 0.3) is 5.65 Å². The summed E-state index contributed by atoms with van der Waals surface area (Å²) < 4.78 is 2.90. The van der Waals surface area contributed by atoms with E-state index in [9.17, 15) is 0 Å². The van der Waals surface area contributed by atoms with Crippen molar-refractivity contribution in [3.63, 3.8) is 0 Å². The third-order valence-corrected chi connectivity index (χ3v) is 3.51. The van der Waals surface area contributed by atoms with Crippen molar-refractivity contribution in [1.29, 1.82) is 0 Å². The molecule has 0 bridgehead atoms. The molecule has 2 aromatic heterocycles. The quantitative estimate of drug-likeness (QED) is 0.935. The predicted octanol–water partition coefficient (Wildman–Crippen LogP) is 1.99. The van der Waals surface area contributed by atoms with Crippen molar-refractivity contribution in [3.05, 3.63) is 28.9 Å². The molecule has 1 aliphatic carbocycles. The van der Waals surface area contributed by atoms with Crippen LogP contribution in [0.3, 0.4) is 0 Å². The van der Waals surface area contributed by atoms with Gasteiger partial charge in [0.05, 0.1) is 18.1 Å². The molecule has 1 saturated carbocycles. The molecule has 5 heteroatoms. The van der Waals surface area contributed by atoms with E-state index in [1.54, 1.807) is 6.20 Å². The summed E-state index contributed by atoms with van der Waals surface area (Å²) in [5.74, 6) is 0.826. The van der Waals surface area contributed by atoms with Crippen molar-refractivity contribution in [1.82, 2.24) is 19.7 Å². The Labute approximate surface area is 102 Å². The van der Waals surface area contributed by atoms with E-state index in [-0.39, 0.29) is 0 Å². The molecule has 0 aliphatic heterocycles. The molecule has 2 aromatic rings. The number of aromatic nitrogens is 3. The van der Waals surface area contributed by atoms with Crippen LogP contribution in [-0.4, -0.2) is 20.4 Å². The molecule has 84 valence electrons. The highest BCUT2D eigenvalue weighted by Gasteiger charge is 2.31. The Morgan fingerprint density at radius 2 is 2.31 bits per heavy atom. The lowest BCUT2D eigenvalue weighted by atomic mass is 10.4. The van der Waals surface area contributed by atoms with E-state index in [4.69, 9.17) is 0 Å². The number of imidazole rings is 1. The smallest absolute Gasteiger partial charge is 0.155 e. The molecule has 0 aromatic carbocycles. The molecule has 1 N–H and O–H groups in total. The summed E-state index contributed by atoms with van der Waals surface area (Å²) in [5.41, 5.74) is 2.07. The van der Waals surface area contributed by atoms with Crippen LogP contribution in [-0.2, 0) is 6.54 Å². The van der Waals surface area contributed by atoms with E-state index in [0.29, 0.717) is 6.04 Å². The van der Waals surface area contributed by atoms with Gasteiger partial charge in [0.15, 0.2) is 5.65 Å². The van der Waals surface area contributed by atoms with Crippen molar-refractivity contribution in [2.75, 3.05) is 0 Å². The van der Waals surface area contributed by atoms with Crippen molar-refractivity contribution in [2.24, 2.45) is 5.92 Å². The molecule has 0 saturated heterocycles. The van der Waals surface area contributed by atoms with Gasteiger partial charge >= 0.3 is 0 Å². The standard InChI is InChI=1S/C11H13BrN4/c1-7-2-9(7)13-3-8-4-15-11-5-14-10(12)6-16(8)11/h4-7,9,13H,2-3H2,1H3. The second-order valence-corrected chi connectivity index (χ2v) is 5.20. The number of rotatable bonds is 3. The molecule has 1 aliphatic rings. The van der Waals surface area contributed by atoms with Crippen LogP contribution in [0.5, 0.6) is 0 Å². The average molecular weight is 281 g/mol. The molecule has 16 heavy (non-hydrogen) atoms. The summed E-state index contributed by atoms with van der Waals surface area (Å²) >= 11 is 3.37. The number of nitrogens with zero attached hydrogens (tertiary/aromatic N) is 3. The summed E-state index contributed by atoms with van der Waals surface area (Å²) in [6.07, 6.45) is 6.93. The minimum absolute atomic E-state index is 0.691. The van der Waals surface area contributed by atoms with E-state index >= 15 is 0 Å². The minimum atomic E-state index is 0.691. The molecule has 0 radical (unpaired) electrons. The van der Waals surface area contributed by atoms with E-state index < -0.39 is 0 Å². The van der Waals surface area contributed by atoms with Gasteiger partial charge in [-0.05, 0) is 28.3 Å². The Morgan fingerprint density at radius 1 is 1.50 bits per heavy atom. The maximum absolute atomic E-state index is 4.32. The van der Waals surface area contributed by atoms with E-state index in [0.717, 1.165) is 22.7 Å². The van der Waals surface area contributed by atoms with Gasteiger partial charge in [0.1, 0.15) is 4.60 Å². The summed E-state index contributed by atoms with van der Waals surface area (Å²) in [6.45, 7) is 3.14. The maximum Gasteiger partial charge on any atom is 0.155 e. The molecule has 2 unspecified atom stereocenters. The zero-order valence-electron chi connectivity index (χ0n) is 9.02. The largest absolute Gasteiger partial charge is 0.308 e. The third-order valence-electron chi connectivity index (χ3n) is 3.10. The average Bonchev–Trinajstić information content (AvgIpc) is 2.83. The first kappa shape index (κ1) is 10.2. The van der Waals surface area contributed by atoms with E-state index in [1.165, 1.54) is 12.1 Å². The van der Waals surface area contributed by atoms with E-state index in [2.05, 4.69) is 42.5 Å².